The number of amides is 3. The number of likely N-dealkylation sites (tertiary alicyclic amines) is 1. The molecule has 2 heterocycles. The molecule has 3 N–H and O–H groups in total. The van der Waals surface area contributed by atoms with Crippen LogP contribution in [0.1, 0.15) is 33.6 Å². The van der Waals surface area contributed by atoms with Gasteiger partial charge in [0.2, 0.25) is 17.7 Å². The average Bonchev–Trinajstić information content (AvgIpc) is 3.31. The van der Waals surface area contributed by atoms with Crippen molar-refractivity contribution in [1.29, 1.82) is 0 Å². The van der Waals surface area contributed by atoms with Crippen LogP contribution in [-0.4, -0.2) is 35.2 Å². The van der Waals surface area contributed by atoms with Crippen molar-refractivity contribution in [2.45, 2.75) is 31.8 Å². The summed E-state index contributed by atoms with van der Waals surface area (Å²) in [6, 6.07) is 10.2. The first-order chi connectivity index (χ1) is 12.5. The topological polar surface area (TPSA) is 92.5 Å². The summed E-state index contributed by atoms with van der Waals surface area (Å²) >= 11 is 1.55. The number of primary amides is 1. The molecule has 2 aromatic rings. The predicted molar refractivity (Wildman–Crippen MR) is 99.6 cm³/mol. The third-order valence-corrected chi connectivity index (χ3v) is 5.36. The van der Waals surface area contributed by atoms with Gasteiger partial charge in [-0.2, -0.15) is 0 Å². The minimum atomic E-state index is -0.480. The largest absolute Gasteiger partial charge is 0.366 e. The number of carbonyl (C=O) groups excluding carboxylic acids is 3. The van der Waals surface area contributed by atoms with Gasteiger partial charge in [-0.25, -0.2) is 0 Å². The van der Waals surface area contributed by atoms with Gasteiger partial charge in [0.15, 0.2) is 0 Å². The maximum atomic E-state index is 12.5. The monoisotopic (exact) mass is 371 g/mol. The fraction of sp³-hybridized carbons (Fsp3) is 0.316. The molecule has 6 nitrogen and oxygen atoms in total. The molecule has 0 aliphatic carbocycles. The third-order valence-electron chi connectivity index (χ3n) is 4.49. The van der Waals surface area contributed by atoms with Crippen molar-refractivity contribution < 1.29 is 14.4 Å². The average molecular weight is 371 g/mol. The van der Waals surface area contributed by atoms with E-state index in [4.69, 9.17) is 5.73 Å². The molecule has 26 heavy (non-hydrogen) atoms. The molecule has 0 saturated carbocycles. The summed E-state index contributed by atoms with van der Waals surface area (Å²) in [7, 11) is 0. The Hall–Kier alpha value is -2.67. The normalized spacial score (nSPS) is 16.5. The van der Waals surface area contributed by atoms with Gasteiger partial charge in [-0.3, -0.25) is 14.4 Å². The molecule has 1 aromatic heterocycles. The lowest BCUT2D eigenvalue weighted by Gasteiger charge is -2.24. The fourth-order valence-corrected chi connectivity index (χ4v) is 3.79. The van der Waals surface area contributed by atoms with E-state index in [1.165, 1.54) is 0 Å². The van der Waals surface area contributed by atoms with Crippen LogP contribution in [-0.2, 0) is 22.6 Å². The SMILES string of the molecule is NC(=O)c1ccc(CNC(=O)C2CCCN2C(=O)Cc2cccs2)cc1. The zero-order chi connectivity index (χ0) is 18.5. The molecule has 1 unspecified atom stereocenters. The van der Waals surface area contributed by atoms with E-state index in [2.05, 4.69) is 5.32 Å². The van der Waals surface area contributed by atoms with Gasteiger partial charge in [-0.05, 0) is 42.0 Å². The summed E-state index contributed by atoms with van der Waals surface area (Å²) in [6.45, 7) is 0.969. The Morgan fingerprint density at radius 1 is 1.19 bits per heavy atom. The molecule has 136 valence electrons. The second-order valence-corrected chi connectivity index (χ2v) is 7.31. The Bertz CT molecular complexity index is 787. The summed E-state index contributed by atoms with van der Waals surface area (Å²) in [5, 5.41) is 4.83. The summed E-state index contributed by atoms with van der Waals surface area (Å²) in [6.07, 6.45) is 1.86. The van der Waals surface area contributed by atoms with Crippen molar-refractivity contribution in [3.8, 4) is 0 Å². The quantitative estimate of drug-likeness (QED) is 0.809. The highest BCUT2D eigenvalue weighted by Crippen LogP contribution is 2.20. The van der Waals surface area contributed by atoms with Crippen molar-refractivity contribution in [2.24, 2.45) is 5.73 Å². The molecule has 1 aliphatic heterocycles. The van der Waals surface area contributed by atoms with Gasteiger partial charge in [0.25, 0.3) is 0 Å². The van der Waals surface area contributed by atoms with Crippen LogP contribution in [0.5, 0.6) is 0 Å². The molecule has 1 saturated heterocycles. The highest BCUT2D eigenvalue weighted by Gasteiger charge is 2.33. The number of benzene rings is 1. The number of hydrogen-bond acceptors (Lipinski definition) is 4. The molecular weight excluding hydrogens is 350 g/mol. The molecule has 0 bridgehead atoms. The van der Waals surface area contributed by atoms with Gasteiger partial charge < -0.3 is 16.0 Å². The van der Waals surface area contributed by atoms with E-state index in [1.807, 2.05) is 17.5 Å². The number of carbonyl (C=O) groups is 3. The lowest BCUT2D eigenvalue weighted by Crippen LogP contribution is -2.46. The maximum absolute atomic E-state index is 12.5. The van der Waals surface area contributed by atoms with E-state index in [0.717, 1.165) is 16.9 Å². The highest BCUT2D eigenvalue weighted by atomic mass is 32.1. The van der Waals surface area contributed by atoms with Crippen LogP contribution in [0.4, 0.5) is 0 Å². The van der Waals surface area contributed by atoms with E-state index in [0.29, 0.717) is 31.5 Å². The van der Waals surface area contributed by atoms with Gasteiger partial charge in [0.05, 0.1) is 6.42 Å². The number of nitrogens with one attached hydrogen (secondary N) is 1. The van der Waals surface area contributed by atoms with Crippen molar-refractivity contribution in [3.05, 3.63) is 57.8 Å². The number of nitrogens with zero attached hydrogens (tertiary/aromatic N) is 1. The minimum absolute atomic E-state index is 0.00379. The minimum Gasteiger partial charge on any atom is -0.366 e. The maximum Gasteiger partial charge on any atom is 0.248 e. The van der Waals surface area contributed by atoms with Gasteiger partial charge in [-0.15, -0.1) is 11.3 Å². The zero-order valence-corrected chi connectivity index (χ0v) is 15.1. The van der Waals surface area contributed by atoms with Gasteiger partial charge >= 0.3 is 0 Å². The molecule has 0 radical (unpaired) electrons. The van der Waals surface area contributed by atoms with Crippen molar-refractivity contribution in [1.82, 2.24) is 10.2 Å². The van der Waals surface area contributed by atoms with Gasteiger partial charge in [0.1, 0.15) is 6.04 Å². The summed E-state index contributed by atoms with van der Waals surface area (Å²) < 4.78 is 0. The highest BCUT2D eigenvalue weighted by molar-refractivity contribution is 7.10. The van der Waals surface area contributed by atoms with Crippen LogP contribution in [0.15, 0.2) is 41.8 Å². The molecule has 3 rings (SSSR count). The van der Waals surface area contributed by atoms with Crippen LogP contribution in [0.2, 0.25) is 0 Å². The lowest BCUT2D eigenvalue weighted by molar-refractivity contribution is -0.138. The Morgan fingerprint density at radius 2 is 1.96 bits per heavy atom. The Morgan fingerprint density at radius 3 is 2.62 bits per heavy atom. The number of thiophene rings is 1. The molecule has 3 amide bonds. The second kappa shape index (κ2) is 8.14. The van der Waals surface area contributed by atoms with Crippen molar-refractivity contribution >= 4 is 29.1 Å². The number of hydrogen-bond donors (Lipinski definition) is 2. The van der Waals surface area contributed by atoms with E-state index in [1.54, 1.807) is 40.5 Å². The van der Waals surface area contributed by atoms with E-state index in [9.17, 15) is 14.4 Å². The number of rotatable bonds is 6. The Kier molecular flexibility index (Phi) is 5.68. The third kappa shape index (κ3) is 4.29. The van der Waals surface area contributed by atoms with Crippen LogP contribution < -0.4 is 11.1 Å². The van der Waals surface area contributed by atoms with Crippen molar-refractivity contribution in [2.75, 3.05) is 6.54 Å². The Labute approximate surface area is 156 Å². The lowest BCUT2D eigenvalue weighted by atomic mass is 10.1. The molecule has 0 spiro atoms. The number of nitrogens with two attached hydrogens (primary N) is 1. The first kappa shape index (κ1) is 18.1. The van der Waals surface area contributed by atoms with E-state index < -0.39 is 11.9 Å². The molecule has 1 aromatic carbocycles. The van der Waals surface area contributed by atoms with Crippen molar-refractivity contribution in [3.63, 3.8) is 0 Å². The van der Waals surface area contributed by atoms with Crippen LogP contribution in [0.3, 0.4) is 0 Å². The van der Waals surface area contributed by atoms with Gasteiger partial charge in [0, 0.05) is 23.5 Å². The molecule has 1 aliphatic rings. The molecule has 1 atom stereocenters. The van der Waals surface area contributed by atoms with E-state index >= 15 is 0 Å². The Balaban J connectivity index is 1.56. The summed E-state index contributed by atoms with van der Waals surface area (Å²) in [4.78, 5) is 38.8. The van der Waals surface area contributed by atoms with Crippen LogP contribution >= 0.6 is 11.3 Å². The predicted octanol–water partition coefficient (Wildman–Crippen LogP) is 1.70. The van der Waals surface area contributed by atoms with Crippen LogP contribution in [0, 0.1) is 0 Å². The molecule has 1 fully saturated rings. The molecular formula is C19H21N3O3S. The smallest absolute Gasteiger partial charge is 0.248 e. The second-order valence-electron chi connectivity index (χ2n) is 6.28. The molecule has 7 heteroatoms. The standard InChI is InChI=1S/C19H21N3O3S/c20-18(24)14-7-5-13(6-8-14)12-21-19(25)16-4-1-9-22(16)17(23)11-15-3-2-10-26-15/h2-3,5-8,10,16H,1,4,9,11-12H2,(H2,20,24)(H,21,25). The summed E-state index contributed by atoms with van der Waals surface area (Å²) in [5.74, 6) is -0.622. The van der Waals surface area contributed by atoms with Crippen LogP contribution in [0.25, 0.3) is 0 Å². The first-order valence-electron chi connectivity index (χ1n) is 8.53. The van der Waals surface area contributed by atoms with Gasteiger partial charge in [-0.1, -0.05) is 18.2 Å². The summed E-state index contributed by atoms with van der Waals surface area (Å²) in [5.41, 5.74) is 6.52. The fourth-order valence-electron chi connectivity index (χ4n) is 3.10. The van der Waals surface area contributed by atoms with E-state index in [-0.39, 0.29) is 11.8 Å². The first-order valence-corrected chi connectivity index (χ1v) is 9.41. The zero-order valence-electron chi connectivity index (χ0n) is 14.3.